The van der Waals surface area contributed by atoms with Gasteiger partial charge in [0.05, 0.1) is 17.1 Å². The van der Waals surface area contributed by atoms with Gasteiger partial charge in [0, 0.05) is 28.4 Å². The van der Waals surface area contributed by atoms with E-state index in [1.807, 2.05) is 0 Å². The largest absolute Gasteiger partial charge is 0.389 e. The van der Waals surface area contributed by atoms with Crippen molar-refractivity contribution in [2.45, 2.75) is 22.6 Å². The van der Waals surface area contributed by atoms with Gasteiger partial charge in [0.1, 0.15) is 4.99 Å². The number of thiocarbonyl (C=S) groups is 1. The lowest BCUT2D eigenvalue weighted by Crippen LogP contribution is -2.24. The van der Waals surface area contributed by atoms with E-state index < -0.39 is 0 Å². The van der Waals surface area contributed by atoms with Crippen LogP contribution in [0.2, 0.25) is 0 Å². The Labute approximate surface area is 139 Å². The van der Waals surface area contributed by atoms with Crippen molar-refractivity contribution in [1.29, 1.82) is 0 Å². The lowest BCUT2D eigenvalue weighted by atomic mass is 10.1. The van der Waals surface area contributed by atoms with Crippen LogP contribution in [0.15, 0.2) is 46.2 Å². The second-order valence-corrected chi connectivity index (χ2v) is 7.14. The normalized spacial score (nSPS) is 15.9. The van der Waals surface area contributed by atoms with E-state index in [4.69, 9.17) is 18.0 Å². The highest BCUT2D eigenvalue weighted by Crippen LogP contribution is 2.49. The van der Waals surface area contributed by atoms with Crippen LogP contribution in [0.25, 0.3) is 0 Å². The molecular formula is C17H17N3S2. The van der Waals surface area contributed by atoms with Crippen LogP contribution in [-0.4, -0.2) is 18.1 Å². The third kappa shape index (κ3) is 2.25. The maximum Gasteiger partial charge on any atom is 0.106 e. The number of anilines is 3. The van der Waals surface area contributed by atoms with Gasteiger partial charge in [-0.15, -0.1) is 0 Å². The topological polar surface area (TPSA) is 41.3 Å². The molecule has 22 heavy (non-hydrogen) atoms. The summed E-state index contributed by atoms with van der Waals surface area (Å²) in [7, 11) is 0. The molecular weight excluding hydrogens is 310 g/mol. The quantitative estimate of drug-likeness (QED) is 0.693. The molecule has 3 N–H and O–H groups in total. The summed E-state index contributed by atoms with van der Waals surface area (Å²) in [5.74, 6) is 0. The first kappa shape index (κ1) is 13.9. The Hall–Kier alpha value is -1.72. The second kappa shape index (κ2) is 5.48. The highest BCUT2D eigenvalue weighted by atomic mass is 32.2. The van der Waals surface area contributed by atoms with Gasteiger partial charge in [-0.3, -0.25) is 0 Å². The number of nitrogens with zero attached hydrogens (tertiary/aromatic N) is 1. The Morgan fingerprint density at radius 3 is 2.64 bits per heavy atom. The number of benzene rings is 2. The number of hydrogen-bond donors (Lipinski definition) is 2. The molecule has 2 aliphatic rings. The van der Waals surface area contributed by atoms with Crippen LogP contribution >= 0.6 is 24.0 Å². The predicted molar refractivity (Wildman–Crippen MR) is 97.6 cm³/mol. The minimum Gasteiger partial charge on any atom is -0.389 e. The van der Waals surface area contributed by atoms with Crippen molar-refractivity contribution in [2.24, 2.45) is 5.73 Å². The molecule has 0 spiro atoms. The van der Waals surface area contributed by atoms with E-state index in [0.29, 0.717) is 4.99 Å². The van der Waals surface area contributed by atoms with Gasteiger partial charge < -0.3 is 16.0 Å². The van der Waals surface area contributed by atoms with Gasteiger partial charge in [0.25, 0.3) is 0 Å². The molecule has 0 bridgehead atoms. The SMILES string of the molecule is NC(=S)c1ccc2c(c1N1CCCC1)Nc1ccccc1S2. The van der Waals surface area contributed by atoms with Gasteiger partial charge in [-0.2, -0.15) is 0 Å². The number of nitrogens with two attached hydrogens (primary N) is 1. The third-order valence-corrected chi connectivity index (χ3v) is 5.55. The van der Waals surface area contributed by atoms with Gasteiger partial charge in [-0.05, 0) is 37.1 Å². The van der Waals surface area contributed by atoms with Gasteiger partial charge in [-0.25, -0.2) is 0 Å². The molecule has 2 aromatic carbocycles. The second-order valence-electron chi connectivity index (χ2n) is 5.62. The van der Waals surface area contributed by atoms with Crippen LogP contribution in [0.1, 0.15) is 18.4 Å². The summed E-state index contributed by atoms with van der Waals surface area (Å²) in [6.07, 6.45) is 2.45. The minimum absolute atomic E-state index is 0.468. The molecule has 0 atom stereocenters. The maximum absolute atomic E-state index is 5.98. The first-order valence-corrected chi connectivity index (χ1v) is 8.72. The van der Waals surface area contributed by atoms with E-state index >= 15 is 0 Å². The molecule has 0 amide bonds. The molecule has 2 aromatic rings. The van der Waals surface area contributed by atoms with Gasteiger partial charge >= 0.3 is 0 Å². The molecule has 0 saturated carbocycles. The summed E-state index contributed by atoms with van der Waals surface area (Å²) in [6.45, 7) is 2.14. The fourth-order valence-electron chi connectivity index (χ4n) is 3.16. The highest BCUT2D eigenvalue weighted by molar-refractivity contribution is 7.99. The number of rotatable bonds is 2. The Balaban J connectivity index is 1.87. The molecule has 2 aliphatic heterocycles. The first-order valence-electron chi connectivity index (χ1n) is 7.50. The summed E-state index contributed by atoms with van der Waals surface area (Å²) >= 11 is 7.09. The standard InChI is InChI=1S/C17H17N3S2/c18-17(21)11-7-8-14-15(16(11)20-9-3-4-10-20)19-12-5-1-2-6-13(12)22-14/h1-2,5-8,19H,3-4,9-10H2,(H2,18,21). The molecule has 2 heterocycles. The van der Waals surface area contributed by atoms with E-state index in [2.05, 4.69) is 46.6 Å². The Morgan fingerprint density at radius 1 is 1.09 bits per heavy atom. The van der Waals surface area contributed by atoms with E-state index in [1.54, 1.807) is 11.8 Å². The molecule has 4 rings (SSSR count). The molecule has 0 radical (unpaired) electrons. The van der Waals surface area contributed by atoms with Crippen molar-refractivity contribution in [3.05, 3.63) is 42.0 Å². The van der Waals surface area contributed by atoms with Gasteiger partial charge in [0.2, 0.25) is 0 Å². The van der Waals surface area contributed by atoms with Crippen molar-refractivity contribution < 1.29 is 0 Å². The highest BCUT2D eigenvalue weighted by Gasteiger charge is 2.26. The Morgan fingerprint density at radius 2 is 1.86 bits per heavy atom. The summed E-state index contributed by atoms with van der Waals surface area (Å²) in [6, 6.07) is 12.6. The fraction of sp³-hybridized carbons (Fsp3) is 0.235. The lowest BCUT2D eigenvalue weighted by Gasteiger charge is -2.29. The number of para-hydroxylation sites is 1. The third-order valence-electron chi connectivity index (χ3n) is 4.19. The van der Waals surface area contributed by atoms with Crippen LogP contribution < -0.4 is 16.0 Å². The first-order chi connectivity index (χ1) is 10.7. The Bertz CT molecular complexity index is 752. The van der Waals surface area contributed by atoms with Crippen LogP contribution in [0.4, 0.5) is 17.1 Å². The lowest BCUT2D eigenvalue weighted by molar-refractivity contribution is 0.949. The molecule has 3 nitrogen and oxygen atoms in total. The van der Waals surface area contributed by atoms with Crippen molar-refractivity contribution in [3.63, 3.8) is 0 Å². The molecule has 0 aliphatic carbocycles. The molecule has 1 fully saturated rings. The number of hydrogen-bond acceptors (Lipinski definition) is 4. The van der Waals surface area contributed by atoms with Gasteiger partial charge in [0.15, 0.2) is 0 Å². The van der Waals surface area contributed by atoms with Crippen LogP contribution in [0, 0.1) is 0 Å². The molecule has 0 unspecified atom stereocenters. The van der Waals surface area contributed by atoms with E-state index in [9.17, 15) is 0 Å². The number of nitrogens with one attached hydrogen (secondary N) is 1. The zero-order chi connectivity index (χ0) is 15.1. The maximum atomic E-state index is 5.98. The average molecular weight is 327 g/mol. The zero-order valence-electron chi connectivity index (χ0n) is 12.1. The smallest absolute Gasteiger partial charge is 0.106 e. The molecule has 1 saturated heterocycles. The summed E-state index contributed by atoms with van der Waals surface area (Å²) < 4.78 is 0. The minimum atomic E-state index is 0.468. The van der Waals surface area contributed by atoms with E-state index in [-0.39, 0.29) is 0 Å². The van der Waals surface area contributed by atoms with Crippen molar-refractivity contribution in [2.75, 3.05) is 23.3 Å². The Kier molecular flexibility index (Phi) is 3.47. The van der Waals surface area contributed by atoms with Crippen LogP contribution in [0.5, 0.6) is 0 Å². The number of fused-ring (bicyclic) bond motifs is 2. The molecule has 0 aromatic heterocycles. The summed E-state index contributed by atoms with van der Waals surface area (Å²) in [5, 5.41) is 3.60. The fourth-order valence-corrected chi connectivity index (χ4v) is 4.32. The molecule has 5 heteroatoms. The van der Waals surface area contributed by atoms with Gasteiger partial charge in [-0.1, -0.05) is 36.1 Å². The van der Waals surface area contributed by atoms with Crippen molar-refractivity contribution in [3.8, 4) is 0 Å². The predicted octanol–water partition coefficient (Wildman–Crippen LogP) is 4.13. The van der Waals surface area contributed by atoms with Crippen molar-refractivity contribution >= 4 is 46.0 Å². The average Bonchev–Trinajstić information content (AvgIpc) is 3.05. The van der Waals surface area contributed by atoms with Crippen LogP contribution in [0.3, 0.4) is 0 Å². The zero-order valence-corrected chi connectivity index (χ0v) is 13.8. The monoisotopic (exact) mass is 327 g/mol. The molecule has 112 valence electrons. The van der Waals surface area contributed by atoms with Crippen molar-refractivity contribution in [1.82, 2.24) is 0 Å². The van der Waals surface area contributed by atoms with E-state index in [0.717, 1.165) is 30.0 Å². The van der Waals surface area contributed by atoms with Crippen LogP contribution in [-0.2, 0) is 0 Å². The summed E-state index contributed by atoms with van der Waals surface area (Å²) in [5.41, 5.74) is 10.4. The summed E-state index contributed by atoms with van der Waals surface area (Å²) in [4.78, 5) is 5.37. The van der Waals surface area contributed by atoms with E-state index in [1.165, 1.54) is 28.3 Å².